The molecule has 7 heteroatoms. The smallest absolute Gasteiger partial charge is 0.291 e. The van der Waals surface area contributed by atoms with Crippen molar-refractivity contribution in [3.8, 4) is 10.4 Å². The predicted octanol–water partition coefficient (Wildman–Crippen LogP) is 5.65. The third-order valence-corrected chi connectivity index (χ3v) is 5.21. The molecule has 2 N–H and O–H groups in total. The zero-order valence-electron chi connectivity index (χ0n) is 15.0. The van der Waals surface area contributed by atoms with E-state index in [1.807, 2.05) is 6.07 Å². The molecule has 0 spiro atoms. The van der Waals surface area contributed by atoms with Gasteiger partial charge < -0.3 is 15.1 Å². The van der Waals surface area contributed by atoms with Gasteiger partial charge in [0.1, 0.15) is 5.82 Å². The number of hydrogen-bond donors (Lipinski definition) is 2. The average Bonchev–Trinajstić information content (AvgIpc) is 3.41. The monoisotopic (exact) mass is 406 g/mol. The van der Waals surface area contributed by atoms with Crippen molar-refractivity contribution >= 4 is 34.5 Å². The van der Waals surface area contributed by atoms with Crippen LogP contribution < -0.4 is 10.6 Å². The van der Waals surface area contributed by atoms with Crippen LogP contribution in [0.1, 0.15) is 20.2 Å². The van der Waals surface area contributed by atoms with Crippen LogP contribution in [0.2, 0.25) is 0 Å². The molecule has 0 atom stereocenters. The Balaban J connectivity index is 1.45. The van der Waals surface area contributed by atoms with Gasteiger partial charge in [0, 0.05) is 16.3 Å². The number of rotatable bonds is 5. The number of amides is 2. The van der Waals surface area contributed by atoms with Crippen LogP contribution >= 0.6 is 11.3 Å². The summed E-state index contributed by atoms with van der Waals surface area (Å²) in [6.45, 7) is 0. The van der Waals surface area contributed by atoms with E-state index in [0.29, 0.717) is 16.3 Å². The van der Waals surface area contributed by atoms with E-state index in [0.717, 1.165) is 10.4 Å². The molecule has 2 heterocycles. The molecule has 0 aliphatic carbocycles. The van der Waals surface area contributed by atoms with Gasteiger partial charge in [-0.1, -0.05) is 18.2 Å². The van der Waals surface area contributed by atoms with E-state index in [1.54, 1.807) is 54.6 Å². The minimum Gasteiger partial charge on any atom is -0.459 e. The molecule has 5 nitrogen and oxygen atoms in total. The summed E-state index contributed by atoms with van der Waals surface area (Å²) in [7, 11) is 0. The summed E-state index contributed by atoms with van der Waals surface area (Å²) in [5, 5.41) is 5.53. The number of nitrogens with one attached hydrogen (secondary N) is 2. The number of carbonyl (C=O) groups excluding carboxylic acids is 2. The molecule has 4 rings (SSSR count). The highest BCUT2D eigenvalue weighted by atomic mass is 32.1. The Hall–Kier alpha value is -3.71. The van der Waals surface area contributed by atoms with Crippen LogP contribution in [-0.4, -0.2) is 11.8 Å². The van der Waals surface area contributed by atoms with Gasteiger partial charge in [0.25, 0.3) is 11.8 Å². The van der Waals surface area contributed by atoms with Gasteiger partial charge in [-0.2, -0.15) is 0 Å². The van der Waals surface area contributed by atoms with Crippen molar-refractivity contribution in [1.82, 2.24) is 0 Å². The van der Waals surface area contributed by atoms with Crippen LogP contribution in [-0.2, 0) is 0 Å². The molecule has 2 aromatic heterocycles. The van der Waals surface area contributed by atoms with Crippen molar-refractivity contribution in [3.05, 3.63) is 95.5 Å². The Morgan fingerprint density at radius 1 is 0.828 bits per heavy atom. The number of hydrogen-bond acceptors (Lipinski definition) is 4. The lowest BCUT2D eigenvalue weighted by molar-refractivity contribution is 0.0995. The van der Waals surface area contributed by atoms with Crippen molar-refractivity contribution in [2.45, 2.75) is 0 Å². The van der Waals surface area contributed by atoms with Crippen LogP contribution in [0, 0.1) is 5.82 Å². The highest BCUT2D eigenvalue weighted by Crippen LogP contribution is 2.29. The lowest BCUT2D eigenvalue weighted by Crippen LogP contribution is -2.12. The molecule has 0 bridgehead atoms. The zero-order chi connectivity index (χ0) is 20.2. The first-order valence-corrected chi connectivity index (χ1v) is 9.52. The van der Waals surface area contributed by atoms with Crippen molar-refractivity contribution in [1.29, 1.82) is 0 Å². The summed E-state index contributed by atoms with van der Waals surface area (Å²) in [6.07, 6.45) is 1.42. The maximum absolute atomic E-state index is 13.1. The summed E-state index contributed by atoms with van der Waals surface area (Å²) in [5.41, 5.74) is 1.92. The van der Waals surface area contributed by atoms with Gasteiger partial charge in [0.15, 0.2) is 5.76 Å². The van der Waals surface area contributed by atoms with Gasteiger partial charge in [-0.05, 0) is 60.2 Å². The Morgan fingerprint density at radius 2 is 1.55 bits per heavy atom. The standard InChI is InChI=1S/C22H15FN2O3S/c23-15-8-6-14(7-9-15)19-10-11-20(29-19)22(27)25-17-4-1-3-16(13-17)24-21(26)18-5-2-12-28-18/h1-13H,(H,24,26)(H,25,27). The maximum Gasteiger partial charge on any atom is 0.291 e. The van der Waals surface area contributed by atoms with Crippen molar-refractivity contribution in [2.24, 2.45) is 0 Å². The largest absolute Gasteiger partial charge is 0.459 e. The highest BCUT2D eigenvalue weighted by molar-refractivity contribution is 7.17. The average molecular weight is 406 g/mol. The fourth-order valence-electron chi connectivity index (χ4n) is 2.70. The molecule has 29 heavy (non-hydrogen) atoms. The SMILES string of the molecule is O=C(Nc1cccc(NC(=O)c2ccc(-c3ccc(F)cc3)s2)c1)c1ccco1. The van der Waals surface area contributed by atoms with Gasteiger partial charge in [0.2, 0.25) is 0 Å². The van der Waals surface area contributed by atoms with Gasteiger partial charge in [-0.25, -0.2) is 4.39 Å². The van der Waals surface area contributed by atoms with Gasteiger partial charge in [-0.3, -0.25) is 9.59 Å². The molecule has 0 fully saturated rings. The lowest BCUT2D eigenvalue weighted by Gasteiger charge is -2.07. The second-order valence-corrected chi connectivity index (χ2v) is 7.22. The van der Waals surface area contributed by atoms with Gasteiger partial charge >= 0.3 is 0 Å². The summed E-state index contributed by atoms with van der Waals surface area (Å²) in [5.74, 6) is -0.743. The number of anilines is 2. The summed E-state index contributed by atoms with van der Waals surface area (Å²) >= 11 is 1.32. The molecular formula is C22H15FN2O3S. The Kier molecular flexibility index (Phi) is 5.22. The molecule has 0 saturated carbocycles. The normalized spacial score (nSPS) is 10.5. The minimum absolute atomic E-state index is 0.200. The fraction of sp³-hybridized carbons (Fsp3) is 0. The Bertz CT molecular complexity index is 1150. The third kappa shape index (κ3) is 4.41. The molecule has 0 aliphatic rings. The van der Waals surface area contributed by atoms with Crippen molar-refractivity contribution in [3.63, 3.8) is 0 Å². The quantitative estimate of drug-likeness (QED) is 0.450. The maximum atomic E-state index is 13.1. The lowest BCUT2D eigenvalue weighted by atomic mass is 10.2. The van der Waals surface area contributed by atoms with E-state index >= 15 is 0 Å². The highest BCUT2D eigenvalue weighted by Gasteiger charge is 2.12. The molecule has 0 unspecified atom stereocenters. The topological polar surface area (TPSA) is 71.3 Å². The predicted molar refractivity (Wildman–Crippen MR) is 111 cm³/mol. The second-order valence-electron chi connectivity index (χ2n) is 6.14. The first-order chi connectivity index (χ1) is 14.1. The summed E-state index contributed by atoms with van der Waals surface area (Å²) < 4.78 is 18.1. The number of furan rings is 1. The summed E-state index contributed by atoms with van der Waals surface area (Å²) in [4.78, 5) is 26.0. The molecule has 144 valence electrons. The molecule has 0 radical (unpaired) electrons. The Morgan fingerprint density at radius 3 is 2.24 bits per heavy atom. The van der Waals surface area contributed by atoms with Crippen LogP contribution in [0.5, 0.6) is 0 Å². The first-order valence-electron chi connectivity index (χ1n) is 8.70. The van der Waals surface area contributed by atoms with E-state index in [9.17, 15) is 14.0 Å². The number of benzene rings is 2. The van der Waals surface area contributed by atoms with Gasteiger partial charge in [-0.15, -0.1) is 11.3 Å². The van der Waals surface area contributed by atoms with E-state index in [2.05, 4.69) is 10.6 Å². The van der Waals surface area contributed by atoms with Crippen molar-refractivity contribution < 1.29 is 18.4 Å². The second kappa shape index (κ2) is 8.12. The van der Waals surface area contributed by atoms with Crippen LogP contribution in [0.3, 0.4) is 0 Å². The van der Waals surface area contributed by atoms with E-state index in [-0.39, 0.29) is 23.4 Å². The first kappa shape index (κ1) is 18.6. The van der Waals surface area contributed by atoms with Crippen molar-refractivity contribution in [2.75, 3.05) is 10.6 Å². The number of halogens is 1. The van der Waals surface area contributed by atoms with Crippen LogP contribution in [0.25, 0.3) is 10.4 Å². The zero-order valence-corrected chi connectivity index (χ0v) is 15.8. The minimum atomic E-state index is -0.374. The molecule has 2 aromatic carbocycles. The van der Waals surface area contributed by atoms with Gasteiger partial charge in [0.05, 0.1) is 11.1 Å². The van der Waals surface area contributed by atoms with E-state index in [4.69, 9.17) is 4.42 Å². The fourth-order valence-corrected chi connectivity index (χ4v) is 3.60. The third-order valence-electron chi connectivity index (χ3n) is 4.08. The molecule has 0 aliphatic heterocycles. The Labute approximate surface area is 169 Å². The van der Waals surface area contributed by atoms with E-state index < -0.39 is 0 Å². The molecule has 0 saturated heterocycles. The molecular weight excluding hydrogens is 391 g/mol. The number of carbonyl (C=O) groups is 2. The molecule has 2 amide bonds. The molecule has 4 aromatic rings. The van der Waals surface area contributed by atoms with E-state index in [1.165, 1.54) is 29.7 Å². The van der Waals surface area contributed by atoms with Crippen LogP contribution in [0.15, 0.2) is 83.5 Å². The van der Waals surface area contributed by atoms with Crippen LogP contribution in [0.4, 0.5) is 15.8 Å². The number of thiophene rings is 1. The summed E-state index contributed by atoms with van der Waals surface area (Å²) in [6, 6.07) is 19.7.